The van der Waals surface area contributed by atoms with Crippen molar-refractivity contribution in [2.45, 2.75) is 12.8 Å². The second-order valence-corrected chi connectivity index (χ2v) is 5.56. The summed E-state index contributed by atoms with van der Waals surface area (Å²) in [6.45, 7) is 0. The molecule has 112 valence electrons. The number of nitrogen functional groups attached to an aromatic ring is 1. The molecule has 0 saturated carbocycles. The number of hydrogen-bond acceptors (Lipinski definition) is 4. The summed E-state index contributed by atoms with van der Waals surface area (Å²) >= 11 is 0. The van der Waals surface area contributed by atoms with E-state index in [-0.39, 0.29) is 17.7 Å². The van der Waals surface area contributed by atoms with Gasteiger partial charge in [0.25, 0.3) is 0 Å². The fourth-order valence-electron chi connectivity index (χ4n) is 2.89. The summed E-state index contributed by atoms with van der Waals surface area (Å²) in [6.07, 6.45) is 1.31. The number of benzene rings is 2. The van der Waals surface area contributed by atoms with Gasteiger partial charge in [-0.15, -0.1) is 0 Å². The Kier molecular flexibility index (Phi) is 3.67. The molecule has 0 aliphatic heterocycles. The second kappa shape index (κ2) is 5.64. The van der Waals surface area contributed by atoms with Crippen molar-refractivity contribution < 1.29 is 14.3 Å². The highest BCUT2D eigenvalue weighted by molar-refractivity contribution is 6.09. The summed E-state index contributed by atoms with van der Waals surface area (Å²) in [6, 6.07) is 12.5. The van der Waals surface area contributed by atoms with Crippen LogP contribution in [0.5, 0.6) is 0 Å². The molecule has 1 atom stereocenters. The first-order valence-corrected chi connectivity index (χ1v) is 7.18. The summed E-state index contributed by atoms with van der Waals surface area (Å²) in [5.41, 5.74) is 9.68. The molecule has 1 unspecified atom stereocenters. The minimum Gasteiger partial charge on any atom is -0.469 e. The predicted molar refractivity (Wildman–Crippen MR) is 83.6 cm³/mol. The lowest BCUT2D eigenvalue weighted by molar-refractivity contribution is -0.145. The molecule has 4 nitrogen and oxygen atoms in total. The van der Waals surface area contributed by atoms with Gasteiger partial charge in [-0.25, -0.2) is 0 Å². The third kappa shape index (κ3) is 2.60. The molecule has 0 saturated heterocycles. The van der Waals surface area contributed by atoms with Crippen molar-refractivity contribution >= 4 is 17.4 Å². The van der Waals surface area contributed by atoms with E-state index in [1.807, 2.05) is 18.2 Å². The molecular formula is C18H17NO3. The van der Waals surface area contributed by atoms with Gasteiger partial charge in [-0.3, -0.25) is 9.59 Å². The second-order valence-electron chi connectivity index (χ2n) is 5.56. The van der Waals surface area contributed by atoms with Crippen molar-refractivity contribution in [3.63, 3.8) is 0 Å². The highest BCUT2D eigenvalue weighted by Gasteiger charge is 2.28. The van der Waals surface area contributed by atoms with Crippen LogP contribution >= 0.6 is 0 Å². The van der Waals surface area contributed by atoms with Gasteiger partial charge in [-0.2, -0.15) is 0 Å². The Balaban J connectivity index is 1.85. The summed E-state index contributed by atoms with van der Waals surface area (Å²) in [7, 11) is 1.40. The number of ketones is 1. The quantitative estimate of drug-likeness (QED) is 0.536. The van der Waals surface area contributed by atoms with Crippen molar-refractivity contribution in [2.24, 2.45) is 5.92 Å². The Hall–Kier alpha value is -2.62. The number of rotatable bonds is 3. The number of carbonyl (C=O) groups excluding carboxylic acids is 2. The standard InChI is InChI=1S/C18H17NO3/c1-22-18(21)15-8-12-2-3-13(9-14(12)10-15)17(20)11-4-6-16(19)7-5-11/h2-7,9,15H,8,10,19H2,1H3. The molecule has 2 aromatic rings. The Morgan fingerprint density at radius 2 is 1.64 bits per heavy atom. The van der Waals surface area contributed by atoms with E-state index >= 15 is 0 Å². The monoisotopic (exact) mass is 295 g/mol. The molecule has 0 spiro atoms. The maximum absolute atomic E-state index is 12.5. The van der Waals surface area contributed by atoms with Gasteiger partial charge in [0.1, 0.15) is 0 Å². The van der Waals surface area contributed by atoms with Gasteiger partial charge in [0.15, 0.2) is 5.78 Å². The molecule has 4 heteroatoms. The molecule has 0 aromatic heterocycles. The van der Waals surface area contributed by atoms with Gasteiger partial charge in [0, 0.05) is 16.8 Å². The van der Waals surface area contributed by atoms with Gasteiger partial charge in [-0.05, 0) is 54.3 Å². The smallest absolute Gasteiger partial charge is 0.309 e. The largest absolute Gasteiger partial charge is 0.469 e. The zero-order valence-corrected chi connectivity index (χ0v) is 12.3. The highest BCUT2D eigenvalue weighted by atomic mass is 16.5. The maximum atomic E-state index is 12.5. The summed E-state index contributed by atoms with van der Waals surface area (Å²) in [4.78, 5) is 24.2. The molecule has 0 bridgehead atoms. The zero-order chi connectivity index (χ0) is 15.7. The maximum Gasteiger partial charge on any atom is 0.309 e. The number of hydrogen-bond donors (Lipinski definition) is 1. The molecule has 22 heavy (non-hydrogen) atoms. The fourth-order valence-corrected chi connectivity index (χ4v) is 2.89. The summed E-state index contributed by atoms with van der Waals surface area (Å²) in [5, 5.41) is 0. The van der Waals surface area contributed by atoms with Crippen LogP contribution in [0.2, 0.25) is 0 Å². The van der Waals surface area contributed by atoms with Crippen molar-refractivity contribution in [1.29, 1.82) is 0 Å². The molecule has 3 rings (SSSR count). The number of anilines is 1. The van der Waals surface area contributed by atoms with Crippen LogP contribution in [0, 0.1) is 5.92 Å². The van der Waals surface area contributed by atoms with E-state index in [2.05, 4.69) is 0 Å². The van der Waals surface area contributed by atoms with Gasteiger partial charge in [-0.1, -0.05) is 12.1 Å². The number of fused-ring (bicyclic) bond motifs is 1. The average Bonchev–Trinajstić information content (AvgIpc) is 2.97. The fraction of sp³-hybridized carbons (Fsp3) is 0.222. The van der Waals surface area contributed by atoms with Crippen LogP contribution in [-0.2, 0) is 22.4 Å². The molecule has 1 aliphatic carbocycles. The molecule has 2 N–H and O–H groups in total. The van der Waals surface area contributed by atoms with Crippen molar-refractivity contribution in [3.8, 4) is 0 Å². The van der Waals surface area contributed by atoms with E-state index in [0.717, 1.165) is 11.1 Å². The topological polar surface area (TPSA) is 69.4 Å². The molecule has 1 aliphatic rings. The van der Waals surface area contributed by atoms with Crippen LogP contribution in [0.25, 0.3) is 0 Å². The van der Waals surface area contributed by atoms with Crippen LogP contribution in [0.15, 0.2) is 42.5 Å². The lowest BCUT2D eigenvalue weighted by Crippen LogP contribution is -2.15. The number of methoxy groups -OCH3 is 1. The minimum absolute atomic E-state index is 0.0377. The lowest BCUT2D eigenvalue weighted by atomic mass is 9.99. The van der Waals surface area contributed by atoms with E-state index in [4.69, 9.17) is 10.5 Å². The highest BCUT2D eigenvalue weighted by Crippen LogP contribution is 2.29. The van der Waals surface area contributed by atoms with Gasteiger partial charge >= 0.3 is 5.97 Å². The zero-order valence-electron chi connectivity index (χ0n) is 12.3. The van der Waals surface area contributed by atoms with E-state index in [9.17, 15) is 9.59 Å². The van der Waals surface area contributed by atoms with Crippen LogP contribution in [0.4, 0.5) is 5.69 Å². The first kappa shape index (κ1) is 14.3. The molecule has 0 heterocycles. The SMILES string of the molecule is COC(=O)C1Cc2ccc(C(=O)c3ccc(N)cc3)cc2C1. The lowest BCUT2D eigenvalue weighted by Gasteiger charge is -2.05. The predicted octanol–water partition coefficient (Wildman–Crippen LogP) is 2.39. The van der Waals surface area contributed by atoms with E-state index in [1.54, 1.807) is 24.3 Å². The normalized spacial score (nSPS) is 16.1. The van der Waals surface area contributed by atoms with E-state index in [0.29, 0.717) is 29.7 Å². The Labute approximate surface area is 128 Å². The number of esters is 1. The summed E-state index contributed by atoms with van der Waals surface area (Å²) < 4.78 is 4.81. The van der Waals surface area contributed by atoms with E-state index < -0.39 is 0 Å². The van der Waals surface area contributed by atoms with E-state index in [1.165, 1.54) is 7.11 Å². The molecule has 0 radical (unpaired) electrons. The molecular weight excluding hydrogens is 278 g/mol. The van der Waals surface area contributed by atoms with Gasteiger partial charge in [0.2, 0.25) is 0 Å². The van der Waals surface area contributed by atoms with Crippen LogP contribution in [-0.4, -0.2) is 18.9 Å². The van der Waals surface area contributed by atoms with Crippen LogP contribution in [0.3, 0.4) is 0 Å². The van der Waals surface area contributed by atoms with Crippen LogP contribution in [0.1, 0.15) is 27.0 Å². The third-order valence-electron chi connectivity index (χ3n) is 4.11. The molecule has 2 aromatic carbocycles. The number of ether oxygens (including phenoxy) is 1. The molecule has 0 fully saturated rings. The average molecular weight is 295 g/mol. The van der Waals surface area contributed by atoms with Gasteiger partial charge in [0.05, 0.1) is 13.0 Å². The first-order chi connectivity index (χ1) is 10.6. The van der Waals surface area contributed by atoms with Crippen molar-refractivity contribution in [2.75, 3.05) is 12.8 Å². The Morgan fingerprint density at radius 3 is 2.32 bits per heavy atom. The van der Waals surface area contributed by atoms with Crippen molar-refractivity contribution in [3.05, 3.63) is 64.7 Å². The Bertz CT molecular complexity index is 734. The number of nitrogens with two attached hydrogens (primary N) is 1. The van der Waals surface area contributed by atoms with Gasteiger partial charge < -0.3 is 10.5 Å². The minimum atomic E-state index is -0.192. The third-order valence-corrected chi connectivity index (χ3v) is 4.11. The summed E-state index contributed by atoms with van der Waals surface area (Å²) in [5.74, 6) is -0.367. The Morgan fingerprint density at radius 1 is 1.00 bits per heavy atom. The number of carbonyl (C=O) groups is 2. The molecule has 0 amide bonds. The van der Waals surface area contributed by atoms with Crippen LogP contribution < -0.4 is 5.73 Å². The van der Waals surface area contributed by atoms with Crippen molar-refractivity contribution in [1.82, 2.24) is 0 Å². The first-order valence-electron chi connectivity index (χ1n) is 7.18.